The van der Waals surface area contributed by atoms with Crippen molar-refractivity contribution in [2.24, 2.45) is 0 Å². The second-order valence-electron chi connectivity index (χ2n) is 9.11. The van der Waals surface area contributed by atoms with Gasteiger partial charge in [0.1, 0.15) is 23.9 Å². The van der Waals surface area contributed by atoms with E-state index in [9.17, 15) is 13.9 Å². The van der Waals surface area contributed by atoms with Crippen molar-refractivity contribution < 1.29 is 18.6 Å². The molecule has 3 fully saturated rings. The topological polar surface area (TPSA) is 92.7 Å². The van der Waals surface area contributed by atoms with Gasteiger partial charge in [0.25, 0.3) is 5.92 Å². The number of piperidine rings is 1. The maximum atomic E-state index is 14.4. The lowest BCUT2D eigenvalue weighted by Gasteiger charge is -2.44. The summed E-state index contributed by atoms with van der Waals surface area (Å²) >= 11 is 0. The Morgan fingerprint density at radius 1 is 1.30 bits per heavy atom. The van der Waals surface area contributed by atoms with Gasteiger partial charge in [0.2, 0.25) is 0 Å². The zero-order chi connectivity index (χ0) is 21.1. The molecule has 30 heavy (non-hydrogen) atoms. The number of nitrogens with zero attached hydrogens (tertiary/aromatic N) is 5. The fourth-order valence-electron chi connectivity index (χ4n) is 5.42. The Kier molecular flexibility index (Phi) is 4.73. The number of aromatic nitrogens is 3. The fraction of sp³-hybridized carbons (Fsp3) is 0.700. The number of alkyl halides is 2. The van der Waals surface area contributed by atoms with Crippen LogP contribution in [0.5, 0.6) is 0 Å². The third-order valence-corrected chi connectivity index (χ3v) is 7.00. The highest BCUT2D eigenvalue weighted by molar-refractivity contribution is 5.86. The van der Waals surface area contributed by atoms with Gasteiger partial charge in [0.15, 0.2) is 6.23 Å². The molecule has 2 aromatic heterocycles. The summed E-state index contributed by atoms with van der Waals surface area (Å²) in [5, 5.41) is 11.4. The summed E-state index contributed by atoms with van der Waals surface area (Å²) in [4.78, 5) is 12.4. The molecule has 2 aromatic rings. The Hall–Kier alpha value is -1.88. The minimum absolute atomic E-state index is 0.0923. The van der Waals surface area contributed by atoms with E-state index >= 15 is 0 Å². The van der Waals surface area contributed by atoms with E-state index in [2.05, 4.69) is 14.9 Å². The summed E-state index contributed by atoms with van der Waals surface area (Å²) in [7, 11) is 2.03. The molecule has 5 rings (SSSR count). The van der Waals surface area contributed by atoms with Gasteiger partial charge in [-0.15, -0.1) is 0 Å². The molecule has 0 bridgehead atoms. The number of likely N-dealkylation sites (tertiary alicyclic amines) is 2. The molecule has 10 heteroatoms. The van der Waals surface area contributed by atoms with Crippen molar-refractivity contribution in [1.29, 1.82) is 0 Å². The molecule has 3 unspecified atom stereocenters. The number of ether oxygens (including phenoxy) is 1. The van der Waals surface area contributed by atoms with Crippen molar-refractivity contribution in [3.05, 3.63) is 18.6 Å². The molecule has 1 spiro atoms. The third kappa shape index (κ3) is 3.35. The van der Waals surface area contributed by atoms with Gasteiger partial charge in [-0.05, 0) is 39.0 Å². The predicted molar refractivity (Wildman–Crippen MR) is 107 cm³/mol. The molecule has 5 heterocycles. The SMILES string of the molecule is CN1CCC2(CC1)CC(F)(F)CN2CC1CC(O)C(n2ccc3c(N)ncnc32)O1. The normalized spacial score (nSPS) is 31.8. The average molecular weight is 422 g/mol. The van der Waals surface area contributed by atoms with Gasteiger partial charge in [-0.1, -0.05) is 0 Å². The molecule has 164 valence electrons. The number of aliphatic hydroxyl groups excluding tert-OH is 1. The van der Waals surface area contributed by atoms with Crippen molar-refractivity contribution in [2.75, 3.05) is 39.0 Å². The van der Waals surface area contributed by atoms with Crippen molar-refractivity contribution in [1.82, 2.24) is 24.3 Å². The van der Waals surface area contributed by atoms with Crippen LogP contribution in [-0.4, -0.2) is 86.3 Å². The molecule has 3 saturated heterocycles. The summed E-state index contributed by atoms with van der Waals surface area (Å²) in [6, 6.07) is 1.79. The van der Waals surface area contributed by atoms with Crippen LogP contribution in [0.1, 0.15) is 31.9 Å². The largest absolute Gasteiger partial charge is 0.388 e. The summed E-state index contributed by atoms with van der Waals surface area (Å²) in [5.74, 6) is -2.32. The highest BCUT2D eigenvalue weighted by Gasteiger charge is 2.55. The van der Waals surface area contributed by atoms with Crippen LogP contribution in [0.15, 0.2) is 18.6 Å². The van der Waals surface area contributed by atoms with Gasteiger partial charge < -0.3 is 25.0 Å². The van der Waals surface area contributed by atoms with Crippen LogP contribution in [0.3, 0.4) is 0 Å². The van der Waals surface area contributed by atoms with E-state index < -0.39 is 23.8 Å². The van der Waals surface area contributed by atoms with E-state index in [1.165, 1.54) is 6.33 Å². The zero-order valence-corrected chi connectivity index (χ0v) is 17.0. The van der Waals surface area contributed by atoms with Crippen LogP contribution in [-0.2, 0) is 4.74 Å². The van der Waals surface area contributed by atoms with E-state index in [0.717, 1.165) is 25.9 Å². The smallest absolute Gasteiger partial charge is 0.262 e. The Labute approximate surface area is 173 Å². The van der Waals surface area contributed by atoms with Crippen molar-refractivity contribution in [2.45, 2.75) is 55.6 Å². The Morgan fingerprint density at radius 2 is 2.07 bits per heavy atom. The second-order valence-corrected chi connectivity index (χ2v) is 9.11. The Balaban J connectivity index is 1.34. The van der Waals surface area contributed by atoms with Crippen LogP contribution in [0.2, 0.25) is 0 Å². The monoisotopic (exact) mass is 422 g/mol. The zero-order valence-electron chi connectivity index (χ0n) is 17.0. The summed E-state index contributed by atoms with van der Waals surface area (Å²) in [6.45, 7) is 1.79. The number of hydrogen-bond donors (Lipinski definition) is 2. The van der Waals surface area contributed by atoms with E-state index in [1.54, 1.807) is 16.8 Å². The van der Waals surface area contributed by atoms with Crippen LogP contribution >= 0.6 is 0 Å². The van der Waals surface area contributed by atoms with Crippen LogP contribution in [0, 0.1) is 0 Å². The molecule has 0 amide bonds. The molecule has 8 nitrogen and oxygen atoms in total. The first-order valence-corrected chi connectivity index (χ1v) is 10.5. The first-order valence-electron chi connectivity index (χ1n) is 10.5. The molecular formula is C20H28F2N6O2. The van der Waals surface area contributed by atoms with Gasteiger partial charge in [0.05, 0.1) is 18.0 Å². The predicted octanol–water partition coefficient (Wildman–Crippen LogP) is 1.47. The molecule has 0 radical (unpaired) electrons. The quantitative estimate of drug-likeness (QED) is 0.774. The number of hydrogen-bond acceptors (Lipinski definition) is 7. The fourth-order valence-corrected chi connectivity index (χ4v) is 5.42. The minimum Gasteiger partial charge on any atom is -0.388 e. The van der Waals surface area contributed by atoms with Gasteiger partial charge in [-0.2, -0.15) is 0 Å². The number of nitrogen functional groups attached to an aromatic ring is 1. The van der Waals surface area contributed by atoms with Crippen molar-refractivity contribution in [3.63, 3.8) is 0 Å². The number of rotatable bonds is 3. The lowest BCUT2D eigenvalue weighted by Crippen LogP contribution is -2.53. The number of halogens is 2. The molecule has 3 aliphatic rings. The number of nitrogens with two attached hydrogens (primary N) is 1. The summed E-state index contributed by atoms with van der Waals surface area (Å²) < 4.78 is 36.7. The number of fused-ring (bicyclic) bond motifs is 1. The van der Waals surface area contributed by atoms with E-state index in [4.69, 9.17) is 10.5 Å². The molecule has 3 atom stereocenters. The maximum Gasteiger partial charge on any atom is 0.262 e. The first-order chi connectivity index (χ1) is 14.3. The lowest BCUT2D eigenvalue weighted by molar-refractivity contribution is -0.0546. The van der Waals surface area contributed by atoms with Gasteiger partial charge in [0, 0.05) is 31.1 Å². The Bertz CT molecular complexity index is 929. The number of anilines is 1. The van der Waals surface area contributed by atoms with Gasteiger partial charge >= 0.3 is 0 Å². The highest BCUT2D eigenvalue weighted by Crippen LogP contribution is 2.46. The van der Waals surface area contributed by atoms with Crippen LogP contribution in [0.25, 0.3) is 11.0 Å². The van der Waals surface area contributed by atoms with E-state index in [1.807, 2.05) is 11.9 Å². The van der Waals surface area contributed by atoms with Crippen molar-refractivity contribution in [3.8, 4) is 0 Å². The summed E-state index contributed by atoms with van der Waals surface area (Å²) in [6.07, 6.45) is 3.21. The number of aliphatic hydroxyl groups is 1. The average Bonchev–Trinajstić information content (AvgIpc) is 3.33. The molecule has 3 aliphatic heterocycles. The van der Waals surface area contributed by atoms with E-state index in [0.29, 0.717) is 29.8 Å². The van der Waals surface area contributed by atoms with Gasteiger partial charge in [-0.25, -0.2) is 18.7 Å². The maximum absolute atomic E-state index is 14.4. The van der Waals surface area contributed by atoms with Gasteiger partial charge in [-0.3, -0.25) is 4.90 Å². The molecule has 3 N–H and O–H groups in total. The lowest BCUT2D eigenvalue weighted by atomic mass is 9.84. The highest BCUT2D eigenvalue weighted by atomic mass is 19.3. The molecule has 0 saturated carbocycles. The van der Waals surface area contributed by atoms with Crippen LogP contribution < -0.4 is 5.73 Å². The first kappa shape index (κ1) is 20.0. The van der Waals surface area contributed by atoms with E-state index in [-0.39, 0.29) is 19.1 Å². The summed E-state index contributed by atoms with van der Waals surface area (Å²) in [5.41, 5.74) is 6.01. The Morgan fingerprint density at radius 3 is 2.83 bits per heavy atom. The minimum atomic E-state index is -2.68. The van der Waals surface area contributed by atoms with Crippen molar-refractivity contribution >= 4 is 16.9 Å². The molecule has 0 aromatic carbocycles. The molecule has 0 aliphatic carbocycles. The second kappa shape index (κ2) is 7.08. The van der Waals surface area contributed by atoms with Crippen LogP contribution in [0.4, 0.5) is 14.6 Å². The third-order valence-electron chi connectivity index (χ3n) is 7.00. The standard InChI is InChI=1S/C20H28F2N6O2/c1-26-6-3-19(4-7-26)10-20(21,22)11-27(19)9-13-8-15(29)18(30-13)28-5-2-14-16(23)24-12-25-17(14)28/h2,5,12-13,15,18,29H,3-4,6-11H2,1H3,(H2,23,24,25). The molecular weight excluding hydrogens is 394 g/mol.